The van der Waals surface area contributed by atoms with E-state index in [0.29, 0.717) is 12.3 Å². The molecule has 0 saturated heterocycles. The number of para-hydroxylation sites is 1. The summed E-state index contributed by atoms with van der Waals surface area (Å²) in [6.45, 7) is 3.68. The number of carboxylic acids is 1. The monoisotopic (exact) mass is 363 g/mol. The first-order chi connectivity index (χ1) is 13.1. The summed E-state index contributed by atoms with van der Waals surface area (Å²) in [4.78, 5) is 24.7. The summed E-state index contributed by atoms with van der Waals surface area (Å²) >= 11 is 0. The maximum atomic E-state index is 12.6. The molecule has 27 heavy (non-hydrogen) atoms. The molecule has 7 heteroatoms. The number of carbonyl (C=O) groups excluding carboxylic acids is 1. The van der Waals surface area contributed by atoms with E-state index in [-0.39, 0.29) is 11.6 Å². The minimum absolute atomic E-state index is 0.217. The second kappa shape index (κ2) is 8.09. The number of carbonyl (C=O) groups is 2. The van der Waals surface area contributed by atoms with Crippen molar-refractivity contribution >= 4 is 29.5 Å². The summed E-state index contributed by atoms with van der Waals surface area (Å²) in [5.74, 6) is -0.810. The van der Waals surface area contributed by atoms with E-state index < -0.39 is 12.6 Å². The average molecular weight is 363 g/mol. The van der Waals surface area contributed by atoms with Crippen LogP contribution < -0.4 is 9.64 Å². The van der Waals surface area contributed by atoms with Crippen LogP contribution in [0.2, 0.25) is 0 Å². The molecule has 0 aliphatic carbocycles. The van der Waals surface area contributed by atoms with Gasteiger partial charge < -0.3 is 14.7 Å². The topological polar surface area (TPSA) is 91.6 Å². The SMILES string of the molecule is C=CCN1C(=O)/C(=N\N=C/c2ccc(OCC(=O)O)cc2)c2ccccc21. The Morgan fingerprint density at radius 1 is 1.19 bits per heavy atom. The van der Waals surface area contributed by atoms with E-state index in [0.717, 1.165) is 16.8 Å². The molecule has 136 valence electrons. The zero-order valence-electron chi connectivity index (χ0n) is 14.4. The standard InChI is InChI=1S/C20H17N3O4/c1-2-11-23-17-6-4-3-5-16(17)19(20(23)26)22-21-12-14-7-9-15(10-8-14)27-13-18(24)25/h2-10,12H,1,11,13H2,(H,24,25)/b21-12-,22-19-. The molecule has 0 saturated carbocycles. The molecule has 0 bridgehead atoms. The molecule has 7 nitrogen and oxygen atoms in total. The van der Waals surface area contributed by atoms with Gasteiger partial charge >= 0.3 is 5.97 Å². The number of fused-ring (bicyclic) bond motifs is 1. The Morgan fingerprint density at radius 3 is 2.63 bits per heavy atom. The maximum Gasteiger partial charge on any atom is 0.341 e. The Balaban J connectivity index is 1.76. The largest absolute Gasteiger partial charge is 0.482 e. The summed E-state index contributed by atoms with van der Waals surface area (Å²) in [6, 6.07) is 14.1. The second-order valence-corrected chi connectivity index (χ2v) is 5.67. The summed E-state index contributed by atoms with van der Waals surface area (Å²) in [5.41, 5.74) is 2.55. The lowest BCUT2D eigenvalue weighted by Gasteiger charge is -2.13. The number of hydrogen-bond donors (Lipinski definition) is 1. The van der Waals surface area contributed by atoms with Gasteiger partial charge in [-0.1, -0.05) is 24.3 Å². The Morgan fingerprint density at radius 2 is 1.93 bits per heavy atom. The number of benzene rings is 2. The molecule has 1 heterocycles. The quantitative estimate of drug-likeness (QED) is 0.465. The van der Waals surface area contributed by atoms with Crippen molar-refractivity contribution in [1.82, 2.24) is 0 Å². The summed E-state index contributed by atoms with van der Waals surface area (Å²) in [5, 5.41) is 16.7. The third kappa shape index (κ3) is 4.09. The third-order valence-electron chi connectivity index (χ3n) is 3.82. The number of nitrogens with zero attached hydrogens (tertiary/aromatic N) is 3. The first-order valence-electron chi connectivity index (χ1n) is 8.18. The molecule has 0 spiro atoms. The predicted molar refractivity (Wildman–Crippen MR) is 103 cm³/mol. The zero-order valence-corrected chi connectivity index (χ0v) is 14.4. The highest BCUT2D eigenvalue weighted by Gasteiger charge is 2.32. The van der Waals surface area contributed by atoms with Crippen molar-refractivity contribution in [1.29, 1.82) is 0 Å². The molecule has 0 aromatic heterocycles. The highest BCUT2D eigenvalue weighted by Crippen LogP contribution is 2.29. The molecule has 0 atom stereocenters. The molecule has 1 aliphatic heterocycles. The van der Waals surface area contributed by atoms with Crippen LogP contribution in [-0.2, 0) is 9.59 Å². The Labute approximate surface area is 155 Å². The molecule has 1 aliphatic rings. The number of ether oxygens (including phenoxy) is 1. The zero-order chi connectivity index (χ0) is 19.2. The van der Waals surface area contributed by atoms with Gasteiger partial charge in [0.1, 0.15) is 5.75 Å². The Bertz CT molecular complexity index is 932. The van der Waals surface area contributed by atoms with Gasteiger partial charge in [-0.05, 0) is 35.9 Å². The van der Waals surface area contributed by atoms with Gasteiger partial charge in [0.2, 0.25) is 0 Å². The first-order valence-corrected chi connectivity index (χ1v) is 8.18. The maximum absolute atomic E-state index is 12.6. The summed E-state index contributed by atoms with van der Waals surface area (Å²) in [6.07, 6.45) is 3.18. The molecular formula is C20H17N3O4. The fourth-order valence-electron chi connectivity index (χ4n) is 2.62. The number of amides is 1. The van der Waals surface area contributed by atoms with E-state index in [9.17, 15) is 9.59 Å². The first kappa shape index (κ1) is 18.1. The van der Waals surface area contributed by atoms with Crippen molar-refractivity contribution in [3.63, 3.8) is 0 Å². The van der Waals surface area contributed by atoms with Crippen LogP contribution in [0.5, 0.6) is 5.75 Å². The van der Waals surface area contributed by atoms with E-state index in [1.807, 2.05) is 24.3 Å². The van der Waals surface area contributed by atoms with Crippen LogP contribution in [0.3, 0.4) is 0 Å². The van der Waals surface area contributed by atoms with E-state index >= 15 is 0 Å². The van der Waals surface area contributed by atoms with Gasteiger partial charge in [0, 0.05) is 12.1 Å². The van der Waals surface area contributed by atoms with Crippen molar-refractivity contribution in [3.8, 4) is 5.75 Å². The number of aliphatic carboxylic acids is 1. The van der Waals surface area contributed by atoms with Crippen LogP contribution in [0.4, 0.5) is 5.69 Å². The van der Waals surface area contributed by atoms with Crippen LogP contribution >= 0.6 is 0 Å². The highest BCUT2D eigenvalue weighted by atomic mass is 16.5. The van der Waals surface area contributed by atoms with E-state index in [1.54, 1.807) is 35.2 Å². The van der Waals surface area contributed by atoms with Crippen LogP contribution in [-0.4, -0.2) is 42.1 Å². The lowest BCUT2D eigenvalue weighted by atomic mass is 10.1. The highest BCUT2D eigenvalue weighted by molar-refractivity contribution is 6.54. The van der Waals surface area contributed by atoms with Crippen molar-refractivity contribution in [3.05, 3.63) is 72.3 Å². The lowest BCUT2D eigenvalue weighted by molar-refractivity contribution is -0.139. The lowest BCUT2D eigenvalue weighted by Crippen LogP contribution is -2.30. The van der Waals surface area contributed by atoms with E-state index in [4.69, 9.17) is 9.84 Å². The van der Waals surface area contributed by atoms with Crippen LogP contribution in [0.1, 0.15) is 11.1 Å². The number of hydrogen-bond acceptors (Lipinski definition) is 5. The third-order valence-corrected chi connectivity index (χ3v) is 3.82. The van der Waals surface area contributed by atoms with Crippen molar-refractivity contribution < 1.29 is 19.4 Å². The van der Waals surface area contributed by atoms with Gasteiger partial charge in [-0.15, -0.1) is 11.7 Å². The molecule has 3 rings (SSSR count). The van der Waals surface area contributed by atoms with Crippen LogP contribution in [0.25, 0.3) is 0 Å². The minimum Gasteiger partial charge on any atom is -0.482 e. The number of carboxylic acid groups (broad SMARTS) is 1. The van der Waals surface area contributed by atoms with Gasteiger partial charge in [0.15, 0.2) is 12.3 Å². The van der Waals surface area contributed by atoms with Gasteiger partial charge in [0.05, 0.1) is 11.9 Å². The fourth-order valence-corrected chi connectivity index (χ4v) is 2.62. The van der Waals surface area contributed by atoms with Gasteiger partial charge in [-0.25, -0.2) is 4.79 Å². The van der Waals surface area contributed by atoms with Gasteiger partial charge in [-0.2, -0.15) is 5.10 Å². The van der Waals surface area contributed by atoms with Gasteiger partial charge in [-0.3, -0.25) is 4.79 Å². The molecule has 1 amide bonds. The van der Waals surface area contributed by atoms with Crippen molar-refractivity contribution in [2.24, 2.45) is 10.2 Å². The van der Waals surface area contributed by atoms with E-state index in [2.05, 4.69) is 16.8 Å². The smallest absolute Gasteiger partial charge is 0.341 e. The predicted octanol–water partition coefficient (Wildman–Crippen LogP) is 2.51. The minimum atomic E-state index is -1.04. The summed E-state index contributed by atoms with van der Waals surface area (Å²) in [7, 11) is 0. The average Bonchev–Trinajstić information content (AvgIpc) is 2.93. The molecule has 0 radical (unpaired) electrons. The van der Waals surface area contributed by atoms with Crippen LogP contribution in [0, 0.1) is 0 Å². The number of rotatable bonds is 7. The van der Waals surface area contributed by atoms with Gasteiger partial charge in [0.25, 0.3) is 5.91 Å². The Kier molecular flexibility index (Phi) is 5.41. The molecule has 2 aromatic rings. The van der Waals surface area contributed by atoms with Crippen molar-refractivity contribution in [2.45, 2.75) is 0 Å². The summed E-state index contributed by atoms with van der Waals surface area (Å²) < 4.78 is 5.07. The van der Waals surface area contributed by atoms with E-state index in [1.165, 1.54) is 6.21 Å². The van der Waals surface area contributed by atoms with Crippen LogP contribution in [0.15, 0.2) is 71.4 Å². The molecule has 2 aromatic carbocycles. The van der Waals surface area contributed by atoms with Crippen molar-refractivity contribution in [2.75, 3.05) is 18.1 Å². The molecule has 1 N–H and O–H groups in total. The molecule has 0 fully saturated rings. The second-order valence-electron chi connectivity index (χ2n) is 5.67. The molecular weight excluding hydrogens is 346 g/mol. The molecule has 0 unspecified atom stereocenters. The Hall–Kier alpha value is -3.74. The fraction of sp³-hybridized carbons (Fsp3) is 0.100. The normalized spacial score (nSPS) is 14.6. The number of anilines is 1.